The molecule has 0 aliphatic heterocycles. The van der Waals surface area contributed by atoms with E-state index in [1.165, 1.54) is 0 Å². The molecule has 13 heavy (non-hydrogen) atoms. The Morgan fingerprint density at radius 3 is 2.38 bits per heavy atom. The van der Waals surface area contributed by atoms with Crippen molar-refractivity contribution in [2.75, 3.05) is 0 Å². The third-order valence-electron chi connectivity index (χ3n) is 1.74. The lowest BCUT2D eigenvalue weighted by molar-refractivity contribution is 0.475. The van der Waals surface area contributed by atoms with Crippen molar-refractivity contribution in [1.82, 2.24) is 0 Å². The van der Waals surface area contributed by atoms with Gasteiger partial charge in [-0.05, 0) is 24.1 Å². The van der Waals surface area contributed by atoms with Crippen LogP contribution in [0.5, 0.6) is 5.75 Å². The molecule has 0 unspecified atom stereocenters. The molecule has 0 saturated carbocycles. The van der Waals surface area contributed by atoms with E-state index in [0.717, 1.165) is 12.0 Å². The van der Waals surface area contributed by atoms with E-state index in [4.69, 9.17) is 10.8 Å². The molecule has 1 rings (SSSR count). The van der Waals surface area contributed by atoms with Gasteiger partial charge in [-0.15, -0.1) is 19.0 Å². The van der Waals surface area contributed by atoms with E-state index in [1.54, 1.807) is 18.2 Å². The van der Waals surface area contributed by atoms with Crippen LogP contribution in [0.1, 0.15) is 18.0 Å². The maximum atomic E-state index is 9.01. The molecular formula is C10H14ClNO. The number of phenolic OH excluding ortho intramolecular Hbond substituents is 1. The molecule has 0 fully saturated rings. The lowest BCUT2D eigenvalue weighted by Crippen LogP contribution is -2.08. The fourth-order valence-corrected chi connectivity index (χ4v) is 1.04. The van der Waals surface area contributed by atoms with Gasteiger partial charge in [0.2, 0.25) is 0 Å². The molecule has 0 radical (unpaired) electrons. The van der Waals surface area contributed by atoms with Gasteiger partial charge < -0.3 is 10.8 Å². The number of benzene rings is 1. The van der Waals surface area contributed by atoms with Crippen molar-refractivity contribution in [3.8, 4) is 5.75 Å². The topological polar surface area (TPSA) is 46.2 Å². The zero-order valence-corrected chi connectivity index (χ0v) is 8.13. The number of aromatic hydroxyl groups is 1. The summed E-state index contributed by atoms with van der Waals surface area (Å²) in [5, 5.41) is 9.01. The fraction of sp³-hybridized carbons (Fsp3) is 0.200. The van der Waals surface area contributed by atoms with Crippen molar-refractivity contribution in [3.05, 3.63) is 42.5 Å². The van der Waals surface area contributed by atoms with Crippen LogP contribution < -0.4 is 5.73 Å². The molecule has 1 aromatic carbocycles. The van der Waals surface area contributed by atoms with Crippen molar-refractivity contribution in [2.24, 2.45) is 5.73 Å². The van der Waals surface area contributed by atoms with Gasteiger partial charge in [0.05, 0.1) is 0 Å². The minimum Gasteiger partial charge on any atom is -0.508 e. The van der Waals surface area contributed by atoms with Gasteiger partial charge >= 0.3 is 0 Å². The molecule has 1 atom stereocenters. The second kappa shape index (κ2) is 5.62. The molecule has 72 valence electrons. The van der Waals surface area contributed by atoms with Gasteiger partial charge in [-0.3, -0.25) is 0 Å². The van der Waals surface area contributed by atoms with E-state index in [-0.39, 0.29) is 24.2 Å². The first kappa shape index (κ1) is 12.0. The minimum atomic E-state index is -0.0110. The summed E-state index contributed by atoms with van der Waals surface area (Å²) in [5.41, 5.74) is 6.82. The number of nitrogens with two attached hydrogens (primary N) is 1. The standard InChI is InChI=1S/C10H13NO.ClH/c1-2-3-10(11)8-4-6-9(12)7-5-8;/h2,4-7,10,12H,1,3,11H2;1H/t10-;/m1./s1. The molecule has 0 aromatic heterocycles. The molecule has 0 saturated heterocycles. The monoisotopic (exact) mass is 199 g/mol. The Balaban J connectivity index is 0.00000144. The summed E-state index contributed by atoms with van der Waals surface area (Å²) in [6.07, 6.45) is 2.54. The van der Waals surface area contributed by atoms with E-state index >= 15 is 0 Å². The second-order valence-corrected chi connectivity index (χ2v) is 2.72. The van der Waals surface area contributed by atoms with Crippen LogP contribution in [0.25, 0.3) is 0 Å². The number of hydrogen-bond donors (Lipinski definition) is 2. The number of phenols is 1. The maximum absolute atomic E-state index is 9.01. The third-order valence-corrected chi connectivity index (χ3v) is 1.74. The lowest BCUT2D eigenvalue weighted by Gasteiger charge is -2.08. The molecule has 0 spiro atoms. The number of rotatable bonds is 3. The Kier molecular flexibility index (Phi) is 5.19. The minimum absolute atomic E-state index is 0. The zero-order valence-electron chi connectivity index (χ0n) is 7.31. The molecule has 3 heteroatoms. The predicted octanol–water partition coefficient (Wildman–Crippen LogP) is 2.39. The van der Waals surface area contributed by atoms with Crippen LogP contribution in [0, 0.1) is 0 Å². The van der Waals surface area contributed by atoms with Crippen LogP contribution in [0.15, 0.2) is 36.9 Å². The molecule has 0 heterocycles. The third kappa shape index (κ3) is 3.49. The Morgan fingerprint density at radius 1 is 1.38 bits per heavy atom. The molecule has 1 aromatic rings. The molecule has 0 amide bonds. The Morgan fingerprint density at radius 2 is 1.92 bits per heavy atom. The van der Waals surface area contributed by atoms with Crippen LogP contribution in [-0.4, -0.2) is 5.11 Å². The Bertz CT molecular complexity index is 258. The van der Waals surface area contributed by atoms with Crippen LogP contribution >= 0.6 is 12.4 Å². The fourth-order valence-electron chi connectivity index (χ4n) is 1.04. The Hall–Kier alpha value is -0.990. The van der Waals surface area contributed by atoms with Crippen molar-refractivity contribution in [2.45, 2.75) is 12.5 Å². The first-order valence-electron chi connectivity index (χ1n) is 3.89. The van der Waals surface area contributed by atoms with Gasteiger partial charge in [0, 0.05) is 6.04 Å². The summed E-state index contributed by atoms with van der Waals surface area (Å²) in [6, 6.07) is 6.91. The normalized spacial score (nSPS) is 11.5. The van der Waals surface area contributed by atoms with Crippen molar-refractivity contribution < 1.29 is 5.11 Å². The molecule has 0 bridgehead atoms. The molecule has 0 aliphatic carbocycles. The maximum Gasteiger partial charge on any atom is 0.115 e. The second-order valence-electron chi connectivity index (χ2n) is 2.72. The van der Waals surface area contributed by atoms with Crippen LogP contribution in [0.2, 0.25) is 0 Å². The van der Waals surface area contributed by atoms with E-state index in [1.807, 2.05) is 12.1 Å². The predicted molar refractivity (Wildman–Crippen MR) is 57.1 cm³/mol. The zero-order chi connectivity index (χ0) is 8.97. The largest absolute Gasteiger partial charge is 0.508 e. The van der Waals surface area contributed by atoms with Crippen molar-refractivity contribution >= 4 is 12.4 Å². The van der Waals surface area contributed by atoms with Crippen molar-refractivity contribution in [1.29, 1.82) is 0 Å². The van der Waals surface area contributed by atoms with Gasteiger partial charge in [0.15, 0.2) is 0 Å². The summed E-state index contributed by atoms with van der Waals surface area (Å²) in [7, 11) is 0. The summed E-state index contributed by atoms with van der Waals surface area (Å²) < 4.78 is 0. The summed E-state index contributed by atoms with van der Waals surface area (Å²) in [4.78, 5) is 0. The highest BCUT2D eigenvalue weighted by atomic mass is 35.5. The van der Waals surface area contributed by atoms with Gasteiger partial charge in [0.25, 0.3) is 0 Å². The highest BCUT2D eigenvalue weighted by Gasteiger charge is 2.02. The van der Waals surface area contributed by atoms with E-state index in [2.05, 4.69) is 6.58 Å². The van der Waals surface area contributed by atoms with E-state index in [9.17, 15) is 0 Å². The first-order chi connectivity index (χ1) is 5.74. The Labute approximate surface area is 84.5 Å². The van der Waals surface area contributed by atoms with Gasteiger partial charge in [-0.1, -0.05) is 18.2 Å². The number of halogens is 1. The highest BCUT2D eigenvalue weighted by Crippen LogP contribution is 2.17. The number of hydrogen-bond acceptors (Lipinski definition) is 2. The summed E-state index contributed by atoms with van der Waals surface area (Å²) in [5.74, 6) is 0.268. The van der Waals surface area contributed by atoms with Gasteiger partial charge in [0.1, 0.15) is 5.75 Å². The van der Waals surface area contributed by atoms with E-state index < -0.39 is 0 Å². The molecule has 0 aliphatic rings. The van der Waals surface area contributed by atoms with Crippen LogP contribution in [0.4, 0.5) is 0 Å². The SMILES string of the molecule is C=CC[C@@H](N)c1ccc(O)cc1.Cl. The summed E-state index contributed by atoms with van der Waals surface area (Å²) in [6.45, 7) is 3.61. The van der Waals surface area contributed by atoms with Gasteiger partial charge in [-0.2, -0.15) is 0 Å². The average molecular weight is 200 g/mol. The smallest absolute Gasteiger partial charge is 0.115 e. The first-order valence-corrected chi connectivity index (χ1v) is 3.89. The summed E-state index contributed by atoms with van der Waals surface area (Å²) >= 11 is 0. The highest BCUT2D eigenvalue weighted by molar-refractivity contribution is 5.85. The molecule has 3 N–H and O–H groups in total. The molecular weight excluding hydrogens is 186 g/mol. The van der Waals surface area contributed by atoms with Crippen LogP contribution in [0.3, 0.4) is 0 Å². The van der Waals surface area contributed by atoms with Crippen molar-refractivity contribution in [3.63, 3.8) is 0 Å². The quantitative estimate of drug-likeness (QED) is 0.735. The van der Waals surface area contributed by atoms with Gasteiger partial charge in [-0.25, -0.2) is 0 Å². The molecule has 2 nitrogen and oxygen atoms in total. The van der Waals surface area contributed by atoms with Crippen LogP contribution in [-0.2, 0) is 0 Å². The lowest BCUT2D eigenvalue weighted by atomic mass is 10.1. The van der Waals surface area contributed by atoms with E-state index in [0.29, 0.717) is 0 Å². The average Bonchev–Trinajstić information content (AvgIpc) is 2.06.